The molecule has 28 heavy (non-hydrogen) atoms. The fourth-order valence-corrected chi connectivity index (χ4v) is 2.47. The molecule has 8 heteroatoms. The van der Waals surface area contributed by atoms with Crippen molar-refractivity contribution in [2.24, 2.45) is 5.92 Å². The van der Waals surface area contributed by atoms with Gasteiger partial charge in [-0.25, -0.2) is 0 Å². The second-order valence-electron chi connectivity index (χ2n) is 6.13. The van der Waals surface area contributed by atoms with Crippen LogP contribution in [0.2, 0.25) is 0 Å². The van der Waals surface area contributed by atoms with Crippen LogP contribution in [0.25, 0.3) is 0 Å². The molecular formula is C20H29N3O4S. The molecule has 0 radical (unpaired) electrons. The van der Waals surface area contributed by atoms with E-state index in [1.54, 1.807) is 0 Å². The molecule has 0 aliphatic rings. The first kappa shape index (κ1) is 23.8. The predicted molar refractivity (Wildman–Crippen MR) is 112 cm³/mol. The molecule has 1 amide bonds. The molecule has 0 aliphatic heterocycles. The maximum absolute atomic E-state index is 11.6. The minimum Gasteiger partial charge on any atom is -0.490 e. The molecular weight excluding hydrogens is 378 g/mol. The second kappa shape index (κ2) is 14.8. The van der Waals surface area contributed by atoms with Crippen LogP contribution in [-0.4, -0.2) is 51.4 Å². The fourth-order valence-electron chi connectivity index (χ4n) is 2.05. The summed E-state index contributed by atoms with van der Waals surface area (Å²) in [6.45, 7) is 5.36. The molecule has 1 aromatic rings. The van der Waals surface area contributed by atoms with Gasteiger partial charge < -0.3 is 24.8 Å². The molecule has 2 N–H and O–H groups in total. The Bertz CT molecular complexity index is 647. The third-order valence-electron chi connectivity index (χ3n) is 3.40. The largest absolute Gasteiger partial charge is 0.490 e. The summed E-state index contributed by atoms with van der Waals surface area (Å²) in [6, 6.07) is 7.52. The van der Waals surface area contributed by atoms with Crippen LogP contribution in [0.5, 0.6) is 5.75 Å². The van der Waals surface area contributed by atoms with Crippen LogP contribution in [0, 0.1) is 16.6 Å². The summed E-state index contributed by atoms with van der Waals surface area (Å²) < 4.78 is 16.6. The molecule has 0 saturated heterocycles. The molecule has 1 rings (SSSR count). The Morgan fingerprint density at radius 3 is 2.89 bits per heavy atom. The van der Waals surface area contributed by atoms with Gasteiger partial charge >= 0.3 is 0 Å². The van der Waals surface area contributed by atoms with Crippen LogP contribution in [0.15, 0.2) is 36.4 Å². The van der Waals surface area contributed by atoms with Crippen molar-refractivity contribution in [3.8, 4) is 11.2 Å². The van der Waals surface area contributed by atoms with E-state index in [0.717, 1.165) is 17.4 Å². The summed E-state index contributed by atoms with van der Waals surface area (Å²) in [4.78, 5) is 11.6. The Morgan fingerprint density at radius 2 is 2.18 bits per heavy atom. The molecule has 7 nitrogen and oxygen atoms in total. The monoisotopic (exact) mass is 407 g/mol. The number of hydrogen-bond acceptors (Lipinski definition) is 7. The number of anilines is 1. The van der Waals surface area contributed by atoms with Crippen molar-refractivity contribution in [1.29, 1.82) is 5.26 Å². The molecule has 1 unspecified atom stereocenters. The van der Waals surface area contributed by atoms with Crippen molar-refractivity contribution in [3.05, 3.63) is 36.4 Å². The summed E-state index contributed by atoms with van der Waals surface area (Å²) in [6.07, 6.45) is 3.95. The Balaban J connectivity index is 2.21. The lowest BCUT2D eigenvalue weighted by atomic mass is 10.2. The van der Waals surface area contributed by atoms with Crippen LogP contribution in [0.1, 0.15) is 13.8 Å². The van der Waals surface area contributed by atoms with Gasteiger partial charge in [-0.15, -0.1) is 0 Å². The predicted octanol–water partition coefficient (Wildman–Crippen LogP) is 3.01. The summed E-state index contributed by atoms with van der Waals surface area (Å²) in [5.74, 6) is 0.975. The van der Waals surface area contributed by atoms with Gasteiger partial charge in [-0.1, -0.05) is 32.1 Å². The van der Waals surface area contributed by atoms with Crippen LogP contribution in [0.3, 0.4) is 0 Å². The number of thioether (sulfide) groups is 1. The first-order valence-electron chi connectivity index (χ1n) is 9.13. The normalized spacial score (nSPS) is 12.0. The number of amides is 1. The van der Waals surface area contributed by atoms with Crippen LogP contribution in [0.4, 0.5) is 5.69 Å². The molecule has 0 bridgehead atoms. The molecule has 0 aliphatic carbocycles. The topological polar surface area (TPSA) is 92.6 Å². The lowest BCUT2D eigenvalue weighted by Gasteiger charge is -2.15. The number of carbonyl (C=O) groups is 1. The maximum atomic E-state index is 11.6. The van der Waals surface area contributed by atoms with Gasteiger partial charge in [-0.05, 0) is 29.8 Å². The SMILES string of the molecule is CNc1cccc(OCC(OCCOCC(=O)NC/C=C/C(C)C)SC#N)c1. The van der Waals surface area contributed by atoms with E-state index in [9.17, 15) is 4.79 Å². The molecule has 1 atom stereocenters. The van der Waals surface area contributed by atoms with Gasteiger partial charge in [0.05, 0.1) is 13.2 Å². The molecule has 0 fully saturated rings. The van der Waals surface area contributed by atoms with Crippen LogP contribution < -0.4 is 15.4 Å². The number of benzene rings is 1. The molecule has 0 spiro atoms. The minimum absolute atomic E-state index is 0.0255. The van der Waals surface area contributed by atoms with Gasteiger partial charge in [0.1, 0.15) is 24.4 Å². The van der Waals surface area contributed by atoms with E-state index >= 15 is 0 Å². The van der Waals surface area contributed by atoms with E-state index in [4.69, 9.17) is 19.5 Å². The number of nitrogens with one attached hydrogen (secondary N) is 2. The molecule has 0 aromatic heterocycles. The zero-order valence-electron chi connectivity index (χ0n) is 16.6. The number of ether oxygens (including phenoxy) is 3. The number of carbonyl (C=O) groups excluding carboxylic acids is 1. The highest BCUT2D eigenvalue weighted by Crippen LogP contribution is 2.19. The molecule has 0 saturated carbocycles. The van der Waals surface area contributed by atoms with Gasteiger partial charge in [-0.2, -0.15) is 5.26 Å². The zero-order chi connectivity index (χ0) is 20.6. The highest BCUT2D eigenvalue weighted by Gasteiger charge is 2.11. The van der Waals surface area contributed by atoms with E-state index in [0.29, 0.717) is 18.2 Å². The minimum atomic E-state index is -0.443. The van der Waals surface area contributed by atoms with Gasteiger partial charge in [0.15, 0.2) is 5.44 Å². The average molecular weight is 408 g/mol. The van der Waals surface area contributed by atoms with E-state index in [-0.39, 0.29) is 32.3 Å². The molecule has 1 aromatic carbocycles. The van der Waals surface area contributed by atoms with E-state index in [1.165, 1.54) is 0 Å². The Hall–Kier alpha value is -2.21. The van der Waals surface area contributed by atoms with E-state index < -0.39 is 5.44 Å². The van der Waals surface area contributed by atoms with Crippen molar-refractivity contribution in [2.45, 2.75) is 19.3 Å². The number of rotatable bonds is 14. The highest BCUT2D eigenvalue weighted by molar-refractivity contribution is 8.04. The first-order valence-corrected chi connectivity index (χ1v) is 10.0. The smallest absolute Gasteiger partial charge is 0.246 e. The van der Waals surface area contributed by atoms with E-state index in [2.05, 4.69) is 24.5 Å². The van der Waals surface area contributed by atoms with Crippen molar-refractivity contribution >= 4 is 23.4 Å². The average Bonchev–Trinajstić information content (AvgIpc) is 2.69. The van der Waals surface area contributed by atoms with E-state index in [1.807, 2.05) is 48.9 Å². The number of hydrogen-bond donors (Lipinski definition) is 2. The summed E-state index contributed by atoms with van der Waals surface area (Å²) in [5, 5.41) is 16.7. The Labute approximate surface area is 171 Å². The molecule has 154 valence electrons. The fraction of sp³-hybridized carbons (Fsp3) is 0.500. The van der Waals surface area contributed by atoms with Crippen molar-refractivity contribution in [2.75, 3.05) is 45.3 Å². The van der Waals surface area contributed by atoms with Gasteiger partial charge in [0.2, 0.25) is 5.91 Å². The lowest BCUT2D eigenvalue weighted by molar-refractivity contribution is -0.126. The van der Waals surface area contributed by atoms with Crippen molar-refractivity contribution in [1.82, 2.24) is 5.32 Å². The lowest BCUT2D eigenvalue weighted by Crippen LogP contribution is -2.28. The third-order valence-corrected chi connectivity index (χ3v) is 4.04. The van der Waals surface area contributed by atoms with Gasteiger partial charge in [0.25, 0.3) is 0 Å². The maximum Gasteiger partial charge on any atom is 0.246 e. The summed E-state index contributed by atoms with van der Waals surface area (Å²) in [5.41, 5.74) is 0.496. The number of nitriles is 1. The second-order valence-corrected chi connectivity index (χ2v) is 7.07. The Morgan fingerprint density at radius 1 is 1.36 bits per heavy atom. The van der Waals surface area contributed by atoms with Crippen molar-refractivity contribution < 1.29 is 19.0 Å². The van der Waals surface area contributed by atoms with Crippen LogP contribution >= 0.6 is 11.8 Å². The summed E-state index contributed by atoms with van der Waals surface area (Å²) >= 11 is 0.986. The standard InChI is InChI=1S/C20H29N3O4S/c1-16(2)6-5-9-23-19(24)13-25-10-11-26-20(28-15-21)14-27-18-8-4-7-17(12-18)22-3/h4-8,12,16,20,22H,9-11,13-14H2,1-3H3,(H,23,24)/b6-5+. The number of thiocyanates is 1. The summed E-state index contributed by atoms with van der Waals surface area (Å²) in [7, 11) is 1.83. The third kappa shape index (κ3) is 11.5. The first-order chi connectivity index (χ1) is 13.5. The zero-order valence-corrected chi connectivity index (χ0v) is 17.5. The Kier molecular flexibility index (Phi) is 12.6. The number of allylic oxidation sites excluding steroid dienone is 1. The van der Waals surface area contributed by atoms with Gasteiger partial charge in [-0.3, -0.25) is 4.79 Å². The van der Waals surface area contributed by atoms with Crippen LogP contribution in [-0.2, 0) is 14.3 Å². The number of nitrogens with zero attached hydrogens (tertiary/aromatic N) is 1. The van der Waals surface area contributed by atoms with Crippen molar-refractivity contribution in [3.63, 3.8) is 0 Å². The van der Waals surface area contributed by atoms with Gasteiger partial charge in [0, 0.05) is 25.3 Å². The highest BCUT2D eigenvalue weighted by atomic mass is 32.2. The molecule has 0 heterocycles. The quantitative estimate of drug-likeness (QED) is 0.212.